The second-order valence-electron chi connectivity index (χ2n) is 7.50. The van der Waals surface area contributed by atoms with E-state index in [1.165, 1.54) is 32.2 Å². The molecule has 0 unspecified atom stereocenters. The van der Waals surface area contributed by atoms with Crippen molar-refractivity contribution in [3.8, 4) is 0 Å². The Morgan fingerprint density at radius 2 is 1.95 bits per heavy atom. The van der Waals surface area contributed by atoms with Crippen molar-refractivity contribution in [1.29, 1.82) is 0 Å². The summed E-state index contributed by atoms with van der Waals surface area (Å²) in [5.41, 5.74) is 0. The van der Waals surface area contributed by atoms with E-state index >= 15 is 0 Å². The highest BCUT2D eigenvalue weighted by molar-refractivity contribution is 4.98. The van der Waals surface area contributed by atoms with E-state index in [4.69, 9.17) is 0 Å². The normalized spacial score (nSPS) is 29.6. The summed E-state index contributed by atoms with van der Waals surface area (Å²) in [5, 5.41) is 10.6. The van der Waals surface area contributed by atoms with E-state index in [2.05, 4.69) is 16.8 Å². The van der Waals surface area contributed by atoms with Gasteiger partial charge >= 0.3 is 0 Å². The molecule has 1 aliphatic carbocycles. The van der Waals surface area contributed by atoms with Gasteiger partial charge in [-0.15, -0.1) is 0 Å². The number of aliphatic hydroxyl groups excluding tert-OH is 1. The van der Waals surface area contributed by atoms with Crippen LogP contribution in [0.3, 0.4) is 0 Å². The molecule has 1 aromatic rings. The number of aromatic nitrogens is 2. The highest BCUT2D eigenvalue weighted by atomic mass is 16.3. The molecule has 22 heavy (non-hydrogen) atoms. The summed E-state index contributed by atoms with van der Waals surface area (Å²) in [6.45, 7) is 5.97. The third-order valence-corrected chi connectivity index (χ3v) is 5.98. The van der Waals surface area contributed by atoms with Gasteiger partial charge in [0, 0.05) is 26.0 Å². The van der Waals surface area contributed by atoms with Crippen LogP contribution in [0, 0.1) is 17.8 Å². The van der Waals surface area contributed by atoms with Crippen molar-refractivity contribution in [2.45, 2.75) is 51.6 Å². The van der Waals surface area contributed by atoms with Gasteiger partial charge in [0.15, 0.2) is 0 Å². The topological polar surface area (TPSA) is 41.3 Å². The number of likely N-dealkylation sites (tertiary alicyclic amines) is 1. The molecule has 2 fully saturated rings. The van der Waals surface area contributed by atoms with Crippen LogP contribution < -0.4 is 0 Å². The molecule has 0 amide bonds. The first-order valence-electron chi connectivity index (χ1n) is 9.02. The average Bonchev–Trinajstić information content (AvgIpc) is 2.96. The Hall–Kier alpha value is -0.870. The number of imidazole rings is 1. The average molecular weight is 305 g/mol. The number of aliphatic hydroxyl groups is 1. The summed E-state index contributed by atoms with van der Waals surface area (Å²) in [6, 6.07) is 0. The van der Waals surface area contributed by atoms with Crippen LogP contribution >= 0.6 is 0 Å². The molecule has 124 valence electrons. The van der Waals surface area contributed by atoms with Crippen molar-refractivity contribution in [2.75, 3.05) is 19.6 Å². The summed E-state index contributed by atoms with van der Waals surface area (Å²) in [6.07, 6.45) is 11.1. The smallest absolute Gasteiger partial charge is 0.137 e. The SMILES string of the molecule is C[C@@H]1CCCC[C@@H]1CN1CCC([C@H](O)c2nccn2C)CC1. The van der Waals surface area contributed by atoms with Crippen LogP contribution in [0.25, 0.3) is 0 Å². The zero-order chi connectivity index (χ0) is 15.5. The molecule has 0 radical (unpaired) electrons. The van der Waals surface area contributed by atoms with Crippen LogP contribution in [0.5, 0.6) is 0 Å². The summed E-state index contributed by atoms with van der Waals surface area (Å²) in [4.78, 5) is 6.95. The number of nitrogens with zero attached hydrogens (tertiary/aromatic N) is 3. The molecule has 3 rings (SSSR count). The third-order valence-electron chi connectivity index (χ3n) is 5.98. The van der Waals surface area contributed by atoms with Crippen molar-refractivity contribution in [1.82, 2.24) is 14.5 Å². The van der Waals surface area contributed by atoms with Gasteiger partial charge in [-0.2, -0.15) is 0 Å². The van der Waals surface area contributed by atoms with E-state index in [-0.39, 0.29) is 0 Å². The van der Waals surface area contributed by atoms with Crippen LogP contribution in [0.2, 0.25) is 0 Å². The van der Waals surface area contributed by atoms with Crippen molar-refractivity contribution in [2.24, 2.45) is 24.8 Å². The van der Waals surface area contributed by atoms with Gasteiger partial charge < -0.3 is 14.6 Å². The van der Waals surface area contributed by atoms with Gasteiger partial charge in [0.2, 0.25) is 0 Å². The van der Waals surface area contributed by atoms with Crippen LogP contribution in [0.4, 0.5) is 0 Å². The Labute approximate surface area is 134 Å². The number of hydrogen-bond donors (Lipinski definition) is 1. The van der Waals surface area contributed by atoms with Crippen molar-refractivity contribution < 1.29 is 5.11 Å². The van der Waals surface area contributed by atoms with Gasteiger partial charge in [0.25, 0.3) is 0 Å². The zero-order valence-corrected chi connectivity index (χ0v) is 14.1. The molecule has 4 heteroatoms. The molecular weight excluding hydrogens is 274 g/mol. The Morgan fingerprint density at radius 3 is 2.59 bits per heavy atom. The fourth-order valence-electron chi connectivity index (χ4n) is 4.32. The van der Waals surface area contributed by atoms with Crippen LogP contribution in [0.15, 0.2) is 12.4 Å². The molecule has 2 aliphatic rings. The molecule has 2 heterocycles. The van der Waals surface area contributed by atoms with Gasteiger partial charge in [0.1, 0.15) is 11.9 Å². The lowest BCUT2D eigenvalue weighted by Gasteiger charge is -2.38. The molecule has 0 spiro atoms. The maximum absolute atomic E-state index is 10.6. The van der Waals surface area contributed by atoms with E-state index in [9.17, 15) is 5.11 Å². The van der Waals surface area contributed by atoms with Crippen LogP contribution in [-0.2, 0) is 7.05 Å². The second-order valence-corrected chi connectivity index (χ2v) is 7.50. The van der Waals surface area contributed by atoms with Crippen molar-refractivity contribution in [3.63, 3.8) is 0 Å². The highest BCUT2D eigenvalue weighted by Gasteiger charge is 2.30. The molecule has 0 bridgehead atoms. The number of piperidine rings is 1. The highest BCUT2D eigenvalue weighted by Crippen LogP contribution is 2.33. The Morgan fingerprint density at radius 1 is 1.23 bits per heavy atom. The molecule has 1 aliphatic heterocycles. The quantitative estimate of drug-likeness (QED) is 0.930. The Balaban J connectivity index is 1.49. The predicted octanol–water partition coefficient (Wildman–Crippen LogP) is 2.99. The van der Waals surface area contributed by atoms with Crippen molar-refractivity contribution in [3.05, 3.63) is 18.2 Å². The summed E-state index contributed by atoms with van der Waals surface area (Å²) < 4.78 is 1.95. The van der Waals surface area contributed by atoms with E-state index in [1.807, 2.05) is 17.8 Å². The molecule has 4 nitrogen and oxygen atoms in total. The number of rotatable bonds is 4. The largest absolute Gasteiger partial charge is 0.385 e. The lowest BCUT2D eigenvalue weighted by Crippen LogP contribution is -2.40. The van der Waals surface area contributed by atoms with Crippen LogP contribution in [-0.4, -0.2) is 39.2 Å². The fourth-order valence-corrected chi connectivity index (χ4v) is 4.32. The minimum atomic E-state index is -0.407. The third kappa shape index (κ3) is 3.54. The summed E-state index contributed by atoms with van der Waals surface area (Å²) in [7, 11) is 1.96. The summed E-state index contributed by atoms with van der Waals surface area (Å²) in [5.74, 6) is 2.97. The van der Waals surface area contributed by atoms with Gasteiger partial charge in [-0.3, -0.25) is 0 Å². The standard InChI is InChI=1S/C18H31N3O/c1-14-5-3-4-6-16(14)13-21-10-7-15(8-11-21)17(22)18-19-9-12-20(18)2/h9,12,14-17,22H,3-8,10-11,13H2,1-2H3/t14-,16-,17+/m1/s1. The molecule has 1 N–H and O–H groups in total. The monoisotopic (exact) mass is 305 g/mol. The first-order valence-corrected chi connectivity index (χ1v) is 9.02. The Bertz CT molecular complexity index is 465. The molecule has 1 saturated heterocycles. The fraction of sp³-hybridized carbons (Fsp3) is 0.833. The second kappa shape index (κ2) is 7.14. The van der Waals surface area contributed by atoms with Gasteiger partial charge in [0.05, 0.1) is 0 Å². The number of aryl methyl sites for hydroxylation is 1. The molecular formula is C18H31N3O. The number of hydrogen-bond acceptors (Lipinski definition) is 3. The van der Waals surface area contributed by atoms with E-state index in [1.54, 1.807) is 6.20 Å². The lowest BCUT2D eigenvalue weighted by molar-refractivity contribution is 0.0415. The lowest BCUT2D eigenvalue weighted by atomic mass is 9.79. The van der Waals surface area contributed by atoms with E-state index < -0.39 is 6.10 Å². The maximum Gasteiger partial charge on any atom is 0.137 e. The first kappa shape index (κ1) is 16.0. The maximum atomic E-state index is 10.6. The first-order chi connectivity index (χ1) is 10.6. The van der Waals surface area contributed by atoms with Crippen LogP contribution in [0.1, 0.15) is 57.4 Å². The van der Waals surface area contributed by atoms with Gasteiger partial charge in [-0.1, -0.05) is 26.2 Å². The predicted molar refractivity (Wildman–Crippen MR) is 88.5 cm³/mol. The van der Waals surface area contributed by atoms with E-state index in [0.29, 0.717) is 5.92 Å². The zero-order valence-electron chi connectivity index (χ0n) is 14.1. The van der Waals surface area contributed by atoms with Crippen molar-refractivity contribution >= 4 is 0 Å². The molecule has 1 saturated carbocycles. The molecule has 0 aromatic carbocycles. The van der Waals surface area contributed by atoms with Gasteiger partial charge in [-0.05, 0) is 50.1 Å². The molecule has 1 aromatic heterocycles. The van der Waals surface area contributed by atoms with E-state index in [0.717, 1.165) is 43.6 Å². The summed E-state index contributed by atoms with van der Waals surface area (Å²) >= 11 is 0. The van der Waals surface area contributed by atoms with Gasteiger partial charge in [-0.25, -0.2) is 4.98 Å². The molecule has 3 atom stereocenters. The Kier molecular flexibility index (Phi) is 5.19. The minimum Gasteiger partial charge on any atom is -0.385 e. The minimum absolute atomic E-state index is 0.362.